The molecule has 2 nitrogen and oxygen atoms in total. The van der Waals surface area contributed by atoms with Gasteiger partial charge >= 0.3 is 0 Å². The van der Waals surface area contributed by atoms with Crippen molar-refractivity contribution in [1.82, 2.24) is 10.3 Å². The molecule has 0 bridgehead atoms. The van der Waals surface area contributed by atoms with Gasteiger partial charge in [-0.2, -0.15) is 0 Å². The largest absolute Gasteiger partial charge is 0.310 e. The molecule has 0 saturated carbocycles. The summed E-state index contributed by atoms with van der Waals surface area (Å²) in [6, 6.07) is 11.4. The lowest BCUT2D eigenvalue weighted by molar-refractivity contribution is 0.536. The average Bonchev–Trinajstić information content (AvgIpc) is 2.43. The number of aryl methyl sites for hydroxylation is 1. The number of hydrogen-bond donors (Lipinski definition) is 1. The van der Waals surface area contributed by atoms with Gasteiger partial charge in [0.1, 0.15) is 5.82 Å². The van der Waals surface area contributed by atoms with Crippen molar-refractivity contribution in [3.05, 3.63) is 65.2 Å². The van der Waals surface area contributed by atoms with Gasteiger partial charge in [-0.3, -0.25) is 4.98 Å². The zero-order chi connectivity index (χ0) is 13.7. The molecule has 0 spiro atoms. The maximum atomic E-state index is 13.7. The molecule has 3 heteroatoms. The molecule has 1 aromatic carbocycles. The molecule has 0 saturated heterocycles. The standard InChI is InChI=1S/C16H19FN2/c1-3-18-16(11-14-6-4-5-9-19-14)13-8-7-12(2)15(17)10-13/h4-10,16,18H,3,11H2,1-2H3. The van der Waals surface area contributed by atoms with Crippen LogP contribution in [0.4, 0.5) is 4.39 Å². The highest BCUT2D eigenvalue weighted by atomic mass is 19.1. The molecule has 1 heterocycles. The van der Waals surface area contributed by atoms with E-state index in [2.05, 4.69) is 17.2 Å². The zero-order valence-electron chi connectivity index (χ0n) is 11.4. The Morgan fingerprint density at radius 1 is 1.26 bits per heavy atom. The minimum absolute atomic E-state index is 0.0926. The molecular weight excluding hydrogens is 239 g/mol. The number of aromatic nitrogens is 1. The van der Waals surface area contributed by atoms with E-state index in [-0.39, 0.29) is 11.9 Å². The average molecular weight is 258 g/mol. The molecule has 0 fully saturated rings. The predicted molar refractivity (Wildman–Crippen MR) is 75.5 cm³/mol. The van der Waals surface area contributed by atoms with E-state index >= 15 is 0 Å². The Balaban J connectivity index is 2.21. The second-order valence-corrected chi connectivity index (χ2v) is 4.64. The molecule has 2 rings (SSSR count). The number of halogens is 1. The lowest BCUT2D eigenvalue weighted by Gasteiger charge is -2.18. The normalized spacial score (nSPS) is 12.4. The summed E-state index contributed by atoms with van der Waals surface area (Å²) < 4.78 is 13.7. The summed E-state index contributed by atoms with van der Waals surface area (Å²) in [4.78, 5) is 4.33. The van der Waals surface area contributed by atoms with Crippen LogP contribution in [0.3, 0.4) is 0 Å². The van der Waals surface area contributed by atoms with Crippen molar-refractivity contribution in [2.24, 2.45) is 0 Å². The Labute approximate surface area is 113 Å². The van der Waals surface area contributed by atoms with Gasteiger partial charge in [0.05, 0.1) is 0 Å². The second-order valence-electron chi connectivity index (χ2n) is 4.64. The van der Waals surface area contributed by atoms with Gasteiger partial charge < -0.3 is 5.32 Å². The van der Waals surface area contributed by atoms with Gasteiger partial charge in [-0.1, -0.05) is 25.1 Å². The van der Waals surface area contributed by atoms with E-state index in [0.717, 1.165) is 24.2 Å². The minimum Gasteiger partial charge on any atom is -0.310 e. The van der Waals surface area contributed by atoms with Gasteiger partial charge in [0.15, 0.2) is 0 Å². The van der Waals surface area contributed by atoms with Crippen LogP contribution in [-0.4, -0.2) is 11.5 Å². The van der Waals surface area contributed by atoms with E-state index in [1.165, 1.54) is 0 Å². The highest BCUT2D eigenvalue weighted by Gasteiger charge is 2.13. The highest BCUT2D eigenvalue weighted by molar-refractivity contribution is 5.27. The van der Waals surface area contributed by atoms with Gasteiger partial charge in [0, 0.05) is 24.4 Å². The van der Waals surface area contributed by atoms with E-state index < -0.39 is 0 Å². The van der Waals surface area contributed by atoms with Crippen LogP contribution in [0.1, 0.15) is 29.8 Å². The van der Waals surface area contributed by atoms with Crippen LogP contribution in [0.15, 0.2) is 42.6 Å². The zero-order valence-corrected chi connectivity index (χ0v) is 11.4. The first kappa shape index (κ1) is 13.7. The molecule has 0 aliphatic rings. The maximum Gasteiger partial charge on any atom is 0.126 e. The molecule has 0 aliphatic carbocycles. The topological polar surface area (TPSA) is 24.9 Å². The molecule has 0 aliphatic heterocycles. The van der Waals surface area contributed by atoms with Crippen LogP contribution < -0.4 is 5.32 Å². The van der Waals surface area contributed by atoms with Crippen LogP contribution in [0.5, 0.6) is 0 Å². The van der Waals surface area contributed by atoms with Crippen LogP contribution in [-0.2, 0) is 6.42 Å². The first-order chi connectivity index (χ1) is 9.20. The Morgan fingerprint density at radius 3 is 2.74 bits per heavy atom. The highest BCUT2D eigenvalue weighted by Crippen LogP contribution is 2.20. The Morgan fingerprint density at radius 2 is 2.11 bits per heavy atom. The number of benzene rings is 1. The Bertz CT molecular complexity index is 526. The van der Waals surface area contributed by atoms with E-state index in [9.17, 15) is 4.39 Å². The predicted octanol–water partition coefficient (Wildman–Crippen LogP) is 3.42. The van der Waals surface area contributed by atoms with Crippen molar-refractivity contribution in [2.45, 2.75) is 26.3 Å². The molecule has 19 heavy (non-hydrogen) atoms. The summed E-state index contributed by atoms with van der Waals surface area (Å²) in [7, 11) is 0. The lowest BCUT2D eigenvalue weighted by Crippen LogP contribution is -2.23. The summed E-state index contributed by atoms with van der Waals surface area (Å²) in [6.45, 7) is 4.67. The monoisotopic (exact) mass is 258 g/mol. The number of pyridine rings is 1. The van der Waals surface area contributed by atoms with Crippen LogP contribution in [0.25, 0.3) is 0 Å². The summed E-state index contributed by atoms with van der Waals surface area (Å²) in [5.41, 5.74) is 2.65. The number of likely N-dealkylation sites (N-methyl/N-ethyl adjacent to an activating group) is 1. The van der Waals surface area contributed by atoms with Gasteiger partial charge in [-0.15, -0.1) is 0 Å². The molecule has 1 N–H and O–H groups in total. The summed E-state index contributed by atoms with van der Waals surface area (Å²) >= 11 is 0. The van der Waals surface area contributed by atoms with Crippen molar-refractivity contribution in [3.8, 4) is 0 Å². The number of rotatable bonds is 5. The third-order valence-corrected chi connectivity index (χ3v) is 3.19. The summed E-state index contributed by atoms with van der Waals surface area (Å²) in [5.74, 6) is -0.151. The van der Waals surface area contributed by atoms with Gasteiger partial charge in [0.2, 0.25) is 0 Å². The lowest BCUT2D eigenvalue weighted by atomic mass is 10.00. The fourth-order valence-electron chi connectivity index (χ4n) is 2.11. The van der Waals surface area contributed by atoms with Crippen molar-refractivity contribution < 1.29 is 4.39 Å². The molecule has 1 atom stereocenters. The molecule has 0 radical (unpaired) electrons. The Hall–Kier alpha value is -1.74. The van der Waals surface area contributed by atoms with Gasteiger partial charge in [-0.05, 0) is 42.8 Å². The molecular formula is C16H19FN2. The first-order valence-corrected chi connectivity index (χ1v) is 6.60. The minimum atomic E-state index is -0.151. The van der Waals surface area contributed by atoms with Crippen molar-refractivity contribution in [2.75, 3.05) is 6.54 Å². The van der Waals surface area contributed by atoms with Crippen LogP contribution in [0, 0.1) is 12.7 Å². The maximum absolute atomic E-state index is 13.7. The Kier molecular flexibility index (Phi) is 4.63. The molecule has 1 unspecified atom stereocenters. The number of nitrogens with one attached hydrogen (secondary N) is 1. The smallest absolute Gasteiger partial charge is 0.126 e. The molecule has 2 aromatic rings. The van der Waals surface area contributed by atoms with E-state index in [1.54, 1.807) is 19.2 Å². The van der Waals surface area contributed by atoms with E-state index in [0.29, 0.717) is 5.56 Å². The first-order valence-electron chi connectivity index (χ1n) is 6.60. The third-order valence-electron chi connectivity index (χ3n) is 3.19. The number of nitrogens with zero attached hydrogens (tertiary/aromatic N) is 1. The quantitative estimate of drug-likeness (QED) is 0.888. The molecule has 1 aromatic heterocycles. The fraction of sp³-hybridized carbons (Fsp3) is 0.312. The van der Waals surface area contributed by atoms with Crippen molar-refractivity contribution in [1.29, 1.82) is 0 Å². The third kappa shape index (κ3) is 3.61. The molecule has 0 amide bonds. The van der Waals surface area contributed by atoms with Crippen LogP contribution >= 0.6 is 0 Å². The van der Waals surface area contributed by atoms with E-state index in [1.807, 2.05) is 30.3 Å². The number of hydrogen-bond acceptors (Lipinski definition) is 2. The van der Waals surface area contributed by atoms with Gasteiger partial charge in [0.25, 0.3) is 0 Å². The van der Waals surface area contributed by atoms with Crippen molar-refractivity contribution in [3.63, 3.8) is 0 Å². The van der Waals surface area contributed by atoms with E-state index in [4.69, 9.17) is 0 Å². The van der Waals surface area contributed by atoms with Gasteiger partial charge in [-0.25, -0.2) is 4.39 Å². The second kappa shape index (κ2) is 6.43. The molecule has 100 valence electrons. The summed E-state index contributed by atoms with van der Waals surface area (Å²) in [5, 5.41) is 3.39. The van der Waals surface area contributed by atoms with Crippen LogP contribution in [0.2, 0.25) is 0 Å². The summed E-state index contributed by atoms with van der Waals surface area (Å²) in [6.07, 6.45) is 2.55. The fourth-order valence-corrected chi connectivity index (χ4v) is 2.11. The SMILES string of the molecule is CCNC(Cc1ccccn1)c1ccc(C)c(F)c1. The van der Waals surface area contributed by atoms with Crippen molar-refractivity contribution >= 4 is 0 Å².